The van der Waals surface area contributed by atoms with E-state index in [9.17, 15) is 8.42 Å². The molecule has 1 heterocycles. The van der Waals surface area contributed by atoms with E-state index < -0.39 is 9.84 Å². The lowest BCUT2D eigenvalue weighted by molar-refractivity contribution is 0.315. The summed E-state index contributed by atoms with van der Waals surface area (Å²) >= 11 is 0. The minimum atomic E-state index is -3.33. The molecule has 5 nitrogen and oxygen atoms in total. The van der Waals surface area contributed by atoms with Gasteiger partial charge in [0, 0.05) is 19.1 Å². The number of sulfone groups is 1. The minimum absolute atomic E-state index is 0.0745. The van der Waals surface area contributed by atoms with Crippen molar-refractivity contribution in [1.29, 1.82) is 5.26 Å². The highest BCUT2D eigenvalue weighted by Crippen LogP contribution is 2.13. The molecule has 1 fully saturated rings. The first-order valence-corrected chi connectivity index (χ1v) is 8.81. The second-order valence-corrected chi connectivity index (χ2v) is 7.62. The lowest BCUT2D eigenvalue weighted by Gasteiger charge is -2.20. The van der Waals surface area contributed by atoms with Gasteiger partial charge >= 0.3 is 0 Å². The topological polar surface area (TPSA) is 73.2 Å². The Kier molecular flexibility index (Phi) is 5.34. The van der Waals surface area contributed by atoms with E-state index in [2.05, 4.69) is 10.2 Å². The van der Waals surface area contributed by atoms with Gasteiger partial charge in [-0.15, -0.1) is 0 Å². The summed E-state index contributed by atoms with van der Waals surface area (Å²) in [6.45, 7) is 2.42. The van der Waals surface area contributed by atoms with Crippen molar-refractivity contribution in [2.75, 3.05) is 32.4 Å². The van der Waals surface area contributed by atoms with Gasteiger partial charge in [0.1, 0.15) is 0 Å². The molecular weight excluding hydrogens is 286 g/mol. The van der Waals surface area contributed by atoms with Gasteiger partial charge in [0.15, 0.2) is 9.84 Å². The Labute approximate surface area is 126 Å². The van der Waals surface area contributed by atoms with Crippen molar-refractivity contribution in [3.8, 4) is 6.07 Å². The van der Waals surface area contributed by atoms with Gasteiger partial charge < -0.3 is 10.2 Å². The highest BCUT2D eigenvalue weighted by atomic mass is 32.2. The summed E-state index contributed by atoms with van der Waals surface area (Å²) in [6.07, 6.45) is 2.35. The summed E-state index contributed by atoms with van der Waals surface area (Å²) < 4.78 is 24.6. The first-order valence-electron chi connectivity index (χ1n) is 7.16. The zero-order chi connectivity index (χ0) is 15.3. The van der Waals surface area contributed by atoms with Crippen molar-refractivity contribution >= 4 is 9.84 Å². The van der Waals surface area contributed by atoms with Gasteiger partial charge in [-0.25, -0.2) is 8.42 Å². The molecule has 1 N–H and O–H groups in total. The van der Waals surface area contributed by atoms with Crippen LogP contribution in [0.3, 0.4) is 0 Å². The van der Waals surface area contributed by atoms with Crippen LogP contribution in [0.5, 0.6) is 0 Å². The third kappa shape index (κ3) is 4.53. The maximum atomic E-state index is 12.3. The zero-order valence-electron chi connectivity index (χ0n) is 12.2. The van der Waals surface area contributed by atoms with Crippen LogP contribution in [0, 0.1) is 11.3 Å². The molecule has 1 atom stereocenters. The molecule has 1 unspecified atom stereocenters. The van der Waals surface area contributed by atoms with Crippen LogP contribution in [-0.2, 0) is 9.84 Å². The molecule has 1 aliphatic heterocycles. The van der Waals surface area contributed by atoms with Crippen molar-refractivity contribution in [3.63, 3.8) is 0 Å². The Morgan fingerprint density at radius 3 is 2.95 bits per heavy atom. The fourth-order valence-electron chi connectivity index (χ4n) is 2.53. The van der Waals surface area contributed by atoms with E-state index in [1.807, 2.05) is 13.1 Å². The third-order valence-corrected chi connectivity index (χ3v) is 5.45. The number of nitrogens with one attached hydrogen (secondary N) is 1. The van der Waals surface area contributed by atoms with Gasteiger partial charge in [-0.2, -0.15) is 5.26 Å². The van der Waals surface area contributed by atoms with Crippen LogP contribution in [0.4, 0.5) is 0 Å². The number of benzene rings is 1. The Morgan fingerprint density at radius 1 is 1.48 bits per heavy atom. The molecule has 0 spiro atoms. The summed E-state index contributed by atoms with van der Waals surface area (Å²) in [4.78, 5) is 2.28. The highest BCUT2D eigenvalue weighted by Gasteiger charge is 2.19. The quantitative estimate of drug-likeness (QED) is 0.849. The van der Waals surface area contributed by atoms with Gasteiger partial charge in [-0.3, -0.25) is 0 Å². The van der Waals surface area contributed by atoms with Gasteiger partial charge in [-0.1, -0.05) is 6.07 Å². The molecule has 2 rings (SSSR count). The van der Waals surface area contributed by atoms with E-state index in [-0.39, 0.29) is 10.6 Å². The van der Waals surface area contributed by atoms with Gasteiger partial charge in [0.2, 0.25) is 0 Å². The van der Waals surface area contributed by atoms with Crippen LogP contribution >= 0.6 is 0 Å². The molecule has 0 aromatic heterocycles. The largest absolute Gasteiger partial charge is 0.313 e. The Balaban J connectivity index is 1.92. The second-order valence-electron chi connectivity index (χ2n) is 5.51. The molecular formula is C15H21N3O2S. The first kappa shape index (κ1) is 16.0. The number of likely N-dealkylation sites (N-methyl/N-ethyl adjacent to an activating group) is 1. The van der Waals surface area contributed by atoms with Crippen molar-refractivity contribution in [3.05, 3.63) is 29.8 Å². The summed E-state index contributed by atoms with van der Waals surface area (Å²) in [7, 11) is -1.39. The number of rotatable bonds is 6. The van der Waals surface area contributed by atoms with Gasteiger partial charge in [0.25, 0.3) is 0 Å². The lowest BCUT2D eigenvalue weighted by Crippen LogP contribution is -2.37. The molecule has 0 radical (unpaired) electrons. The molecule has 1 saturated heterocycles. The molecule has 0 amide bonds. The second kappa shape index (κ2) is 7.03. The SMILES string of the molecule is CN(CCS(=O)(=O)c1cccc(C#N)c1)CC1CCCN1. The van der Waals surface area contributed by atoms with Crippen LogP contribution < -0.4 is 5.32 Å². The zero-order valence-corrected chi connectivity index (χ0v) is 13.1. The van der Waals surface area contributed by atoms with Crippen molar-refractivity contribution in [2.45, 2.75) is 23.8 Å². The Morgan fingerprint density at radius 2 is 2.29 bits per heavy atom. The van der Waals surface area contributed by atoms with Gasteiger partial charge in [0.05, 0.1) is 22.3 Å². The molecule has 0 bridgehead atoms. The van der Waals surface area contributed by atoms with Crippen LogP contribution in [0.15, 0.2) is 29.2 Å². The van der Waals surface area contributed by atoms with E-state index in [1.54, 1.807) is 18.2 Å². The lowest BCUT2D eigenvalue weighted by atomic mass is 10.2. The van der Waals surface area contributed by atoms with Crippen LogP contribution in [-0.4, -0.2) is 51.8 Å². The predicted octanol–water partition coefficient (Wildman–Crippen LogP) is 1.02. The van der Waals surface area contributed by atoms with Gasteiger partial charge in [-0.05, 0) is 44.6 Å². The third-order valence-electron chi connectivity index (χ3n) is 3.76. The van der Waals surface area contributed by atoms with E-state index in [4.69, 9.17) is 5.26 Å². The first-order chi connectivity index (χ1) is 10.0. The molecule has 6 heteroatoms. The molecule has 1 aromatic carbocycles. The summed E-state index contributed by atoms with van der Waals surface area (Å²) in [5, 5.41) is 12.2. The van der Waals surface area contributed by atoms with Crippen molar-refractivity contribution in [1.82, 2.24) is 10.2 Å². The normalized spacial score (nSPS) is 18.8. The maximum Gasteiger partial charge on any atom is 0.179 e. The van der Waals surface area contributed by atoms with E-state index in [0.29, 0.717) is 18.2 Å². The molecule has 1 aliphatic rings. The number of nitriles is 1. The van der Waals surface area contributed by atoms with E-state index >= 15 is 0 Å². The van der Waals surface area contributed by atoms with Crippen LogP contribution in [0.1, 0.15) is 18.4 Å². The smallest absolute Gasteiger partial charge is 0.179 e. The molecule has 0 saturated carbocycles. The van der Waals surface area contributed by atoms with Crippen molar-refractivity contribution in [2.24, 2.45) is 0 Å². The average molecular weight is 307 g/mol. The Hall–Kier alpha value is -1.42. The minimum Gasteiger partial charge on any atom is -0.313 e. The molecule has 0 aliphatic carbocycles. The fraction of sp³-hybridized carbons (Fsp3) is 0.533. The molecule has 1 aromatic rings. The molecule has 114 valence electrons. The van der Waals surface area contributed by atoms with Crippen LogP contribution in [0.2, 0.25) is 0 Å². The average Bonchev–Trinajstić information content (AvgIpc) is 2.98. The highest BCUT2D eigenvalue weighted by molar-refractivity contribution is 7.91. The predicted molar refractivity (Wildman–Crippen MR) is 81.7 cm³/mol. The van der Waals surface area contributed by atoms with E-state index in [0.717, 1.165) is 19.5 Å². The summed E-state index contributed by atoms with van der Waals surface area (Å²) in [6, 6.07) is 8.65. The summed E-state index contributed by atoms with van der Waals surface area (Å²) in [5.41, 5.74) is 0.375. The van der Waals surface area contributed by atoms with Crippen molar-refractivity contribution < 1.29 is 8.42 Å². The maximum absolute atomic E-state index is 12.3. The number of nitrogens with zero attached hydrogens (tertiary/aromatic N) is 2. The Bertz CT molecular complexity index is 616. The summed E-state index contributed by atoms with van der Waals surface area (Å²) in [5.74, 6) is 0.0745. The van der Waals surface area contributed by atoms with Crippen LogP contribution in [0.25, 0.3) is 0 Å². The monoisotopic (exact) mass is 307 g/mol. The standard InChI is InChI=1S/C15H21N3O2S/c1-18(12-14-5-3-7-17-14)8-9-21(19,20)15-6-2-4-13(10-15)11-16/h2,4,6,10,14,17H,3,5,7-9,12H2,1H3. The van der Waals surface area contributed by atoms with E-state index in [1.165, 1.54) is 12.5 Å². The fourth-order valence-corrected chi connectivity index (χ4v) is 3.91. The number of hydrogen-bond acceptors (Lipinski definition) is 5. The molecule has 21 heavy (non-hydrogen) atoms. The number of hydrogen-bond donors (Lipinski definition) is 1.